The monoisotopic (exact) mass is 774 g/mol. The van der Waals surface area contributed by atoms with Gasteiger partial charge in [-0.05, 0) is 12.1 Å². The fourth-order valence-corrected chi connectivity index (χ4v) is 8.79. The largest absolute Gasteiger partial charge is 0.504 e. The highest BCUT2D eigenvalue weighted by molar-refractivity contribution is 7.89. The van der Waals surface area contributed by atoms with Gasteiger partial charge in [-0.15, -0.1) is 0 Å². The molecule has 6 N–H and O–H groups in total. The van der Waals surface area contributed by atoms with Gasteiger partial charge in [0.2, 0.25) is 0 Å². The summed E-state index contributed by atoms with van der Waals surface area (Å²) in [6.45, 7) is 0. The van der Waals surface area contributed by atoms with E-state index in [-0.39, 0.29) is 55.8 Å². The van der Waals surface area contributed by atoms with Crippen LogP contribution in [0.15, 0.2) is 70.5 Å². The fraction of sp³-hybridized carbons (Fsp3) is 0. The number of aromatic amines is 2. The Balaban J connectivity index is 1.56. The number of nitrogens with one attached hydrogen (secondary N) is 2. The lowest BCUT2D eigenvalue weighted by molar-refractivity contribution is 0.408. The minimum absolute atomic E-state index is 0.0374. The van der Waals surface area contributed by atoms with E-state index < -0.39 is 57.9 Å². The molecule has 0 atom stereocenters. The predicted octanol–water partition coefficient (Wildman–Crippen LogP) is 6.08. The molecular weight excluding hydrogens is 759 g/mol. The van der Waals surface area contributed by atoms with E-state index in [1.54, 1.807) is 48.5 Å². The van der Waals surface area contributed by atoms with Crippen molar-refractivity contribution in [1.82, 2.24) is 39.9 Å². The molecule has 0 amide bonds. The highest BCUT2D eigenvalue weighted by atomic mass is 35.5. The number of halogens is 2. The zero-order chi connectivity index (χ0) is 36.4. The number of aromatic nitrogens is 8. The van der Waals surface area contributed by atoms with Crippen molar-refractivity contribution in [2.24, 2.45) is 0 Å². The molecule has 20 heteroatoms. The van der Waals surface area contributed by atoms with Crippen LogP contribution in [0.25, 0.3) is 89.7 Å². The summed E-state index contributed by atoms with van der Waals surface area (Å²) >= 11 is 12.9. The molecule has 4 aromatic carbocycles. The number of phenolic OH excluding ortho intramolecular Hbond substituents is 2. The Labute approximate surface area is 300 Å². The molecule has 0 aliphatic carbocycles. The predicted molar refractivity (Wildman–Crippen MR) is 189 cm³/mol. The topological polar surface area (TPSA) is 258 Å². The lowest BCUT2D eigenvalue weighted by Crippen LogP contribution is -2.10. The number of benzene rings is 4. The van der Waals surface area contributed by atoms with E-state index in [0.717, 1.165) is 12.1 Å². The van der Waals surface area contributed by atoms with Gasteiger partial charge in [-0.3, -0.25) is 9.11 Å². The van der Waals surface area contributed by atoms with Gasteiger partial charge in [0.1, 0.15) is 37.4 Å². The second-order valence-electron chi connectivity index (χ2n) is 11.5. The van der Waals surface area contributed by atoms with E-state index in [4.69, 9.17) is 38.2 Å². The maximum absolute atomic E-state index is 12.9. The van der Waals surface area contributed by atoms with Gasteiger partial charge < -0.3 is 20.2 Å². The molecule has 0 fully saturated rings. The van der Waals surface area contributed by atoms with Crippen molar-refractivity contribution in [3.8, 4) is 57.1 Å². The third-order valence-corrected chi connectivity index (χ3v) is 11.3. The van der Waals surface area contributed by atoms with Crippen molar-refractivity contribution in [3.05, 3.63) is 70.7 Å². The Morgan fingerprint density at radius 3 is 1.62 bits per heavy atom. The molecule has 0 spiro atoms. The first-order valence-corrected chi connectivity index (χ1v) is 18.4. The zero-order valence-electron chi connectivity index (χ0n) is 25.5. The lowest BCUT2D eigenvalue weighted by atomic mass is 10.1. The number of aromatic hydroxyl groups is 2. The number of hydrogen-bond donors (Lipinski definition) is 6. The smallest absolute Gasteiger partial charge is 0.296 e. The maximum Gasteiger partial charge on any atom is 0.296 e. The van der Waals surface area contributed by atoms with Crippen molar-refractivity contribution >= 4 is 87.6 Å². The van der Waals surface area contributed by atoms with E-state index >= 15 is 0 Å². The second kappa shape index (κ2) is 10.9. The van der Waals surface area contributed by atoms with Gasteiger partial charge in [0.15, 0.2) is 34.8 Å². The van der Waals surface area contributed by atoms with Crippen molar-refractivity contribution in [2.75, 3.05) is 0 Å². The number of H-pyrrole nitrogens is 2. The van der Waals surface area contributed by atoms with Crippen molar-refractivity contribution in [3.63, 3.8) is 0 Å². The summed E-state index contributed by atoms with van der Waals surface area (Å²) in [7, 11) is -10.7. The minimum Gasteiger partial charge on any atom is -0.504 e. The molecular formula is C32H16Cl2N8O8S2. The Bertz CT molecular complexity index is 3210. The molecule has 0 unspecified atom stereocenters. The summed E-state index contributed by atoms with van der Waals surface area (Å²) in [5.74, 6) is -1.92. The molecule has 16 nitrogen and oxygen atoms in total. The Hall–Kier alpha value is -5.76. The van der Waals surface area contributed by atoms with Crippen LogP contribution in [-0.2, 0) is 20.2 Å². The first-order chi connectivity index (χ1) is 24.7. The molecule has 5 heterocycles. The van der Waals surface area contributed by atoms with Crippen LogP contribution < -0.4 is 0 Å². The first kappa shape index (κ1) is 32.2. The molecule has 0 saturated heterocycles. The molecule has 7 aromatic rings. The van der Waals surface area contributed by atoms with Gasteiger partial charge in [0.25, 0.3) is 20.2 Å². The fourth-order valence-electron chi connectivity index (χ4n) is 6.34. The molecule has 2 aliphatic rings. The van der Waals surface area contributed by atoms with Gasteiger partial charge in [-0.1, -0.05) is 71.7 Å². The van der Waals surface area contributed by atoms with E-state index in [1.807, 2.05) is 0 Å². The average molecular weight is 776 g/mol. The second-order valence-corrected chi connectivity index (χ2v) is 15.0. The SMILES string of the molecule is O=S(=O)(O)c1ccc2c(c1S(=O)(=O)O)-c1nc-2nc2[nH]c(nc3nc(nc4[nH]c(n1)c1c(O)c(O)c(Cl)c(Cl)c41)-c1ccccc1-3)c1ccccc21. The molecule has 8 bridgehead atoms. The third-order valence-electron chi connectivity index (χ3n) is 8.54. The van der Waals surface area contributed by atoms with E-state index in [9.17, 15) is 36.2 Å². The summed E-state index contributed by atoms with van der Waals surface area (Å²) < 4.78 is 71.0. The standard InChI is InChI=1S/C32H16Cl2N8O8S2/c33-20-18-19(22(43)23(44)21(20)34)32-41-30-17-15(9-10-16(51(45,46)47)24(17)52(48,49)50)29(40-30)38-27-12-6-2-1-5-11(12)25(36-27)35-26-13-7-3-4-8-14(13)28(37-26)39-31(18)42-32/h1-10,43-44H,(H,45,46,47)(H,48,49,50)(H2,35,36,37,38,39,40,41,42). The van der Waals surface area contributed by atoms with Crippen LogP contribution in [0, 0.1) is 0 Å². The quantitative estimate of drug-likeness (QED) is 0.0859. The summed E-state index contributed by atoms with van der Waals surface area (Å²) in [6, 6.07) is 16.2. The number of hydrogen-bond acceptors (Lipinski definition) is 12. The Morgan fingerprint density at radius 2 is 1.02 bits per heavy atom. The van der Waals surface area contributed by atoms with Crippen LogP contribution in [0.5, 0.6) is 11.5 Å². The van der Waals surface area contributed by atoms with Crippen LogP contribution >= 0.6 is 23.2 Å². The van der Waals surface area contributed by atoms with Crippen molar-refractivity contribution in [2.45, 2.75) is 9.79 Å². The van der Waals surface area contributed by atoms with Gasteiger partial charge >= 0.3 is 0 Å². The van der Waals surface area contributed by atoms with Gasteiger partial charge in [-0.25, -0.2) is 29.9 Å². The number of nitrogens with zero attached hydrogens (tertiary/aromatic N) is 6. The third kappa shape index (κ3) is 4.66. The molecule has 258 valence electrons. The number of fused-ring (bicyclic) bond motifs is 20. The van der Waals surface area contributed by atoms with Crippen LogP contribution in [0.1, 0.15) is 0 Å². The number of phenols is 2. The zero-order valence-corrected chi connectivity index (χ0v) is 28.6. The molecule has 3 aromatic heterocycles. The Kier molecular flexibility index (Phi) is 6.73. The van der Waals surface area contributed by atoms with Gasteiger partial charge in [0.05, 0.1) is 21.4 Å². The summed E-state index contributed by atoms with van der Waals surface area (Å²) in [5, 5.41) is 22.1. The highest BCUT2D eigenvalue weighted by Gasteiger charge is 2.35. The molecule has 9 rings (SSSR count). The van der Waals surface area contributed by atoms with E-state index in [2.05, 4.69) is 24.9 Å². The van der Waals surface area contributed by atoms with Gasteiger partial charge in [0, 0.05) is 27.5 Å². The summed E-state index contributed by atoms with van der Waals surface area (Å²) in [5.41, 5.74) is 0.699. The molecule has 2 aliphatic heterocycles. The van der Waals surface area contributed by atoms with Gasteiger partial charge in [-0.2, -0.15) is 16.8 Å². The van der Waals surface area contributed by atoms with Crippen LogP contribution in [0.2, 0.25) is 10.0 Å². The van der Waals surface area contributed by atoms with E-state index in [0.29, 0.717) is 27.5 Å². The summed E-state index contributed by atoms with van der Waals surface area (Å²) in [4.78, 5) is 31.5. The highest BCUT2D eigenvalue weighted by Crippen LogP contribution is 2.49. The Morgan fingerprint density at radius 1 is 0.519 bits per heavy atom. The number of rotatable bonds is 2. The van der Waals surface area contributed by atoms with Crippen LogP contribution in [0.3, 0.4) is 0 Å². The molecule has 0 saturated carbocycles. The maximum atomic E-state index is 12.9. The van der Waals surface area contributed by atoms with Crippen LogP contribution in [0.4, 0.5) is 0 Å². The van der Waals surface area contributed by atoms with Crippen molar-refractivity contribution < 1.29 is 36.2 Å². The normalized spacial score (nSPS) is 12.7. The van der Waals surface area contributed by atoms with Crippen LogP contribution in [-0.4, -0.2) is 76.0 Å². The lowest BCUT2D eigenvalue weighted by Gasteiger charge is -2.09. The van der Waals surface area contributed by atoms with E-state index in [1.165, 1.54) is 0 Å². The van der Waals surface area contributed by atoms with Crippen molar-refractivity contribution in [1.29, 1.82) is 0 Å². The molecule has 52 heavy (non-hydrogen) atoms. The summed E-state index contributed by atoms with van der Waals surface area (Å²) in [6.07, 6.45) is 0. The average Bonchev–Trinajstić information content (AvgIpc) is 3.84. The molecule has 0 radical (unpaired) electrons. The first-order valence-electron chi connectivity index (χ1n) is 14.8. The minimum atomic E-state index is -5.43.